The Balaban J connectivity index is 1.39. The SMILES string of the molecule is O=C1C(NCC2CCCn3ccnc32)CCN1c1ccc(Cl)cc1. The van der Waals surface area contributed by atoms with Crippen molar-refractivity contribution >= 4 is 23.2 Å². The summed E-state index contributed by atoms with van der Waals surface area (Å²) >= 11 is 5.93. The number of aryl methyl sites for hydroxylation is 1. The summed E-state index contributed by atoms with van der Waals surface area (Å²) < 4.78 is 2.23. The first kappa shape index (κ1) is 15.7. The minimum atomic E-state index is -0.106. The van der Waals surface area contributed by atoms with Gasteiger partial charge < -0.3 is 14.8 Å². The molecule has 1 aromatic carbocycles. The molecule has 2 unspecified atom stereocenters. The monoisotopic (exact) mass is 344 g/mol. The van der Waals surface area contributed by atoms with Gasteiger partial charge in [-0.3, -0.25) is 4.79 Å². The van der Waals surface area contributed by atoms with Crippen molar-refractivity contribution in [2.75, 3.05) is 18.0 Å². The number of fused-ring (bicyclic) bond motifs is 1. The molecule has 1 saturated heterocycles. The van der Waals surface area contributed by atoms with E-state index >= 15 is 0 Å². The first-order valence-electron chi connectivity index (χ1n) is 8.54. The summed E-state index contributed by atoms with van der Waals surface area (Å²) in [6.07, 6.45) is 7.06. The maximum atomic E-state index is 12.7. The number of halogens is 1. The third-order valence-electron chi connectivity index (χ3n) is 5.02. The van der Waals surface area contributed by atoms with Crippen LogP contribution in [0.25, 0.3) is 0 Å². The first-order chi connectivity index (χ1) is 11.7. The molecule has 3 heterocycles. The Morgan fingerprint density at radius 2 is 2.04 bits per heavy atom. The van der Waals surface area contributed by atoms with E-state index in [9.17, 15) is 4.79 Å². The normalized spacial score (nSPS) is 23.5. The summed E-state index contributed by atoms with van der Waals surface area (Å²) in [4.78, 5) is 19.0. The zero-order chi connectivity index (χ0) is 16.5. The van der Waals surface area contributed by atoms with Crippen molar-refractivity contribution in [3.05, 3.63) is 47.5 Å². The van der Waals surface area contributed by atoms with Gasteiger partial charge in [0.2, 0.25) is 5.91 Å². The van der Waals surface area contributed by atoms with Gasteiger partial charge in [0.05, 0.1) is 6.04 Å². The Kier molecular flexibility index (Phi) is 4.29. The highest BCUT2D eigenvalue weighted by Gasteiger charge is 2.33. The molecular weight excluding hydrogens is 324 g/mol. The molecular formula is C18H21ClN4O. The summed E-state index contributed by atoms with van der Waals surface area (Å²) in [5.41, 5.74) is 0.918. The van der Waals surface area contributed by atoms with Gasteiger partial charge in [0.15, 0.2) is 0 Å². The van der Waals surface area contributed by atoms with Gasteiger partial charge in [0.1, 0.15) is 5.82 Å². The van der Waals surface area contributed by atoms with Crippen LogP contribution in [0.1, 0.15) is 31.0 Å². The second kappa shape index (κ2) is 6.57. The van der Waals surface area contributed by atoms with Gasteiger partial charge in [0, 0.05) is 48.7 Å². The lowest BCUT2D eigenvalue weighted by atomic mass is 9.98. The average Bonchev–Trinajstić information content (AvgIpc) is 3.21. The van der Waals surface area contributed by atoms with E-state index in [4.69, 9.17) is 11.6 Å². The number of carbonyl (C=O) groups is 1. The Morgan fingerprint density at radius 3 is 2.88 bits per heavy atom. The lowest BCUT2D eigenvalue weighted by Gasteiger charge is -2.25. The summed E-state index contributed by atoms with van der Waals surface area (Å²) in [6.45, 7) is 2.61. The van der Waals surface area contributed by atoms with Crippen molar-refractivity contribution in [1.82, 2.24) is 14.9 Å². The topological polar surface area (TPSA) is 50.2 Å². The van der Waals surface area contributed by atoms with Gasteiger partial charge in [-0.2, -0.15) is 0 Å². The van der Waals surface area contributed by atoms with Gasteiger partial charge >= 0.3 is 0 Å². The molecule has 0 aliphatic carbocycles. The van der Waals surface area contributed by atoms with E-state index in [0.717, 1.165) is 44.0 Å². The Labute approximate surface area is 146 Å². The number of imidazole rings is 1. The number of benzene rings is 1. The number of nitrogens with one attached hydrogen (secondary N) is 1. The Bertz CT molecular complexity index is 727. The molecule has 2 aromatic rings. The molecule has 5 nitrogen and oxygen atoms in total. The zero-order valence-electron chi connectivity index (χ0n) is 13.5. The number of amides is 1. The van der Waals surface area contributed by atoms with Gasteiger partial charge in [0.25, 0.3) is 0 Å². The molecule has 1 amide bonds. The van der Waals surface area contributed by atoms with Gasteiger partial charge in [-0.1, -0.05) is 11.6 Å². The van der Waals surface area contributed by atoms with Crippen molar-refractivity contribution in [3.8, 4) is 0 Å². The first-order valence-corrected chi connectivity index (χ1v) is 8.91. The molecule has 1 N–H and O–H groups in total. The largest absolute Gasteiger partial charge is 0.335 e. The van der Waals surface area contributed by atoms with Crippen LogP contribution in [-0.2, 0) is 11.3 Å². The van der Waals surface area contributed by atoms with Gasteiger partial charge in [-0.05, 0) is 43.5 Å². The second-order valence-corrected chi connectivity index (χ2v) is 6.97. The summed E-state index contributed by atoms with van der Waals surface area (Å²) in [6, 6.07) is 7.35. The number of aromatic nitrogens is 2. The molecule has 126 valence electrons. The van der Waals surface area contributed by atoms with Crippen molar-refractivity contribution in [3.63, 3.8) is 0 Å². The molecule has 1 aromatic heterocycles. The Hall–Kier alpha value is -1.85. The van der Waals surface area contributed by atoms with Gasteiger partial charge in [-0.15, -0.1) is 0 Å². The maximum Gasteiger partial charge on any atom is 0.244 e. The van der Waals surface area contributed by atoms with E-state index in [2.05, 4.69) is 14.9 Å². The summed E-state index contributed by atoms with van der Waals surface area (Å²) in [5, 5.41) is 4.16. The fraction of sp³-hybridized carbons (Fsp3) is 0.444. The fourth-order valence-corrected chi connectivity index (χ4v) is 3.86. The lowest BCUT2D eigenvalue weighted by Crippen LogP contribution is -2.40. The van der Waals surface area contributed by atoms with Gasteiger partial charge in [-0.25, -0.2) is 4.98 Å². The van der Waals surface area contributed by atoms with E-state index in [0.29, 0.717) is 10.9 Å². The van der Waals surface area contributed by atoms with Crippen molar-refractivity contribution < 1.29 is 4.79 Å². The van der Waals surface area contributed by atoms with E-state index < -0.39 is 0 Å². The molecule has 2 aliphatic rings. The van der Waals surface area contributed by atoms with Crippen molar-refractivity contribution in [2.45, 2.75) is 37.8 Å². The molecule has 2 atom stereocenters. The van der Waals surface area contributed by atoms with Crippen LogP contribution < -0.4 is 10.2 Å². The third kappa shape index (κ3) is 2.94. The highest BCUT2D eigenvalue weighted by atomic mass is 35.5. The van der Waals surface area contributed by atoms with Crippen LogP contribution in [-0.4, -0.2) is 34.6 Å². The third-order valence-corrected chi connectivity index (χ3v) is 5.27. The van der Waals surface area contributed by atoms with Crippen LogP contribution in [0.5, 0.6) is 0 Å². The summed E-state index contributed by atoms with van der Waals surface area (Å²) in [5.74, 6) is 1.69. The molecule has 4 rings (SSSR count). The van der Waals surface area contributed by atoms with Crippen LogP contribution in [0.3, 0.4) is 0 Å². The van der Waals surface area contributed by atoms with E-state index in [1.165, 1.54) is 6.42 Å². The molecule has 6 heteroatoms. The zero-order valence-corrected chi connectivity index (χ0v) is 14.2. The number of nitrogens with zero attached hydrogens (tertiary/aromatic N) is 3. The highest BCUT2D eigenvalue weighted by Crippen LogP contribution is 2.27. The quantitative estimate of drug-likeness (QED) is 0.927. The molecule has 0 saturated carbocycles. The Morgan fingerprint density at radius 1 is 1.21 bits per heavy atom. The van der Waals surface area contributed by atoms with Crippen LogP contribution in [0.4, 0.5) is 5.69 Å². The number of hydrogen-bond donors (Lipinski definition) is 1. The smallest absolute Gasteiger partial charge is 0.244 e. The summed E-state index contributed by atoms with van der Waals surface area (Å²) in [7, 11) is 0. The van der Waals surface area contributed by atoms with Crippen LogP contribution >= 0.6 is 11.6 Å². The minimum Gasteiger partial charge on any atom is -0.335 e. The molecule has 0 bridgehead atoms. The number of hydrogen-bond acceptors (Lipinski definition) is 3. The van der Waals surface area contributed by atoms with Crippen LogP contribution in [0.2, 0.25) is 5.02 Å². The molecule has 24 heavy (non-hydrogen) atoms. The maximum absolute atomic E-state index is 12.7. The van der Waals surface area contributed by atoms with E-state index in [1.54, 1.807) is 0 Å². The van der Waals surface area contributed by atoms with Crippen molar-refractivity contribution in [2.24, 2.45) is 0 Å². The second-order valence-electron chi connectivity index (χ2n) is 6.53. The number of anilines is 1. The predicted octanol–water partition coefficient (Wildman–Crippen LogP) is 2.81. The molecule has 0 radical (unpaired) electrons. The minimum absolute atomic E-state index is 0.106. The fourth-order valence-electron chi connectivity index (χ4n) is 3.73. The lowest BCUT2D eigenvalue weighted by molar-refractivity contribution is -0.118. The predicted molar refractivity (Wildman–Crippen MR) is 94.4 cm³/mol. The number of carbonyl (C=O) groups excluding carboxylic acids is 1. The van der Waals surface area contributed by atoms with E-state index in [1.807, 2.05) is 41.6 Å². The molecule has 2 aliphatic heterocycles. The standard InChI is InChI=1S/C18H21ClN4O/c19-14-3-5-15(6-4-14)23-10-7-16(18(23)24)21-12-13-2-1-9-22-11-8-20-17(13)22/h3-6,8,11,13,16,21H,1-2,7,9-10,12H2. The number of rotatable bonds is 4. The van der Waals surface area contributed by atoms with E-state index in [-0.39, 0.29) is 11.9 Å². The van der Waals surface area contributed by atoms with Crippen LogP contribution in [0, 0.1) is 0 Å². The highest BCUT2D eigenvalue weighted by molar-refractivity contribution is 6.30. The molecule has 1 fully saturated rings. The molecule has 0 spiro atoms. The average molecular weight is 345 g/mol. The van der Waals surface area contributed by atoms with Crippen molar-refractivity contribution in [1.29, 1.82) is 0 Å². The van der Waals surface area contributed by atoms with Crippen LogP contribution in [0.15, 0.2) is 36.7 Å².